The van der Waals surface area contributed by atoms with Gasteiger partial charge in [-0.25, -0.2) is 4.98 Å². The molecule has 0 atom stereocenters. The molecule has 0 bridgehead atoms. The van der Waals surface area contributed by atoms with E-state index in [9.17, 15) is 4.79 Å². The Bertz CT molecular complexity index is 840. The lowest BCUT2D eigenvalue weighted by Crippen LogP contribution is -2.37. The molecule has 138 valence electrons. The van der Waals surface area contributed by atoms with E-state index in [1.165, 1.54) is 12.8 Å². The molecule has 0 radical (unpaired) electrons. The van der Waals surface area contributed by atoms with Crippen molar-refractivity contribution < 1.29 is 4.74 Å². The summed E-state index contributed by atoms with van der Waals surface area (Å²) < 4.78 is 7.07. The summed E-state index contributed by atoms with van der Waals surface area (Å²) in [6.45, 7) is 3.08. The van der Waals surface area contributed by atoms with Crippen LogP contribution in [0.1, 0.15) is 29.7 Å². The summed E-state index contributed by atoms with van der Waals surface area (Å²) >= 11 is 0. The molecule has 6 heteroatoms. The number of rotatable bonds is 6. The van der Waals surface area contributed by atoms with Gasteiger partial charge in [-0.15, -0.1) is 0 Å². The Morgan fingerprint density at radius 2 is 2.04 bits per heavy atom. The minimum Gasteiger partial charge on any atom is -0.497 e. The molecule has 1 N–H and O–H groups in total. The van der Waals surface area contributed by atoms with Crippen molar-refractivity contribution in [2.24, 2.45) is 5.92 Å². The fraction of sp³-hybridized carbons (Fsp3) is 0.500. The third-order valence-corrected chi connectivity index (χ3v) is 5.26. The summed E-state index contributed by atoms with van der Waals surface area (Å²) in [6, 6.07) is 7.95. The lowest BCUT2D eigenvalue weighted by molar-refractivity contribution is 0.304. The summed E-state index contributed by atoms with van der Waals surface area (Å²) in [7, 11) is 3.74. The van der Waals surface area contributed by atoms with E-state index in [2.05, 4.69) is 17.3 Å². The van der Waals surface area contributed by atoms with Gasteiger partial charge in [0.15, 0.2) is 0 Å². The van der Waals surface area contributed by atoms with Crippen LogP contribution in [-0.2, 0) is 26.1 Å². The van der Waals surface area contributed by atoms with Crippen molar-refractivity contribution in [2.45, 2.75) is 38.9 Å². The zero-order chi connectivity index (χ0) is 18.1. The van der Waals surface area contributed by atoms with Crippen LogP contribution in [0.25, 0.3) is 0 Å². The van der Waals surface area contributed by atoms with Crippen molar-refractivity contribution in [3.05, 3.63) is 51.4 Å². The van der Waals surface area contributed by atoms with E-state index in [1.807, 2.05) is 28.8 Å². The lowest BCUT2D eigenvalue weighted by Gasteiger charge is -2.25. The van der Waals surface area contributed by atoms with E-state index in [-0.39, 0.29) is 5.56 Å². The molecular formula is C20H26N4O2. The summed E-state index contributed by atoms with van der Waals surface area (Å²) in [4.78, 5) is 20.1. The van der Waals surface area contributed by atoms with Crippen molar-refractivity contribution in [2.75, 3.05) is 26.0 Å². The number of fused-ring (bicyclic) bond motifs is 1. The molecule has 6 nitrogen and oxygen atoms in total. The maximum atomic E-state index is 13.0. The van der Waals surface area contributed by atoms with Gasteiger partial charge in [0.1, 0.15) is 5.75 Å². The second-order valence-corrected chi connectivity index (χ2v) is 7.41. The Kier molecular flexibility index (Phi) is 4.68. The Morgan fingerprint density at radius 3 is 2.73 bits per heavy atom. The second kappa shape index (κ2) is 7.11. The van der Waals surface area contributed by atoms with E-state index in [0.29, 0.717) is 18.4 Å². The standard InChI is InChI=1S/C20H26N4O2/c1-23-10-9-17-18(13-23)22-20(24(19(17)25)12-15-3-4-15)21-11-14-5-7-16(26-2)8-6-14/h5-8,15H,3-4,9-13H2,1-2H3,(H,21,22). The zero-order valence-electron chi connectivity index (χ0n) is 15.5. The normalized spacial score (nSPS) is 17.0. The predicted molar refractivity (Wildman–Crippen MR) is 102 cm³/mol. The number of methoxy groups -OCH3 is 1. The van der Waals surface area contributed by atoms with Crippen LogP contribution in [0.5, 0.6) is 5.75 Å². The van der Waals surface area contributed by atoms with Crippen LogP contribution >= 0.6 is 0 Å². The monoisotopic (exact) mass is 354 g/mol. The van der Waals surface area contributed by atoms with Gasteiger partial charge in [-0.2, -0.15) is 0 Å². The van der Waals surface area contributed by atoms with Gasteiger partial charge in [-0.3, -0.25) is 9.36 Å². The minimum atomic E-state index is 0.146. The molecule has 26 heavy (non-hydrogen) atoms. The van der Waals surface area contributed by atoms with Crippen LogP contribution < -0.4 is 15.6 Å². The molecule has 2 aromatic rings. The molecule has 1 saturated carbocycles. The molecule has 1 aliphatic heterocycles. The van der Waals surface area contributed by atoms with Gasteiger partial charge < -0.3 is 15.0 Å². The first-order chi connectivity index (χ1) is 12.6. The van der Waals surface area contributed by atoms with Gasteiger partial charge in [0.05, 0.1) is 12.8 Å². The van der Waals surface area contributed by atoms with Crippen molar-refractivity contribution in [1.82, 2.24) is 14.5 Å². The fourth-order valence-corrected chi connectivity index (χ4v) is 3.45. The third-order valence-electron chi connectivity index (χ3n) is 5.26. The molecule has 0 saturated heterocycles. The Labute approximate surface area is 153 Å². The van der Waals surface area contributed by atoms with Gasteiger partial charge in [-0.1, -0.05) is 12.1 Å². The highest BCUT2D eigenvalue weighted by molar-refractivity contribution is 5.36. The molecule has 1 aromatic carbocycles. The highest BCUT2D eigenvalue weighted by atomic mass is 16.5. The van der Waals surface area contributed by atoms with E-state index in [4.69, 9.17) is 9.72 Å². The topological polar surface area (TPSA) is 59.4 Å². The van der Waals surface area contributed by atoms with E-state index in [0.717, 1.165) is 48.6 Å². The quantitative estimate of drug-likeness (QED) is 0.862. The molecule has 4 rings (SSSR count). The van der Waals surface area contributed by atoms with Gasteiger partial charge in [0.25, 0.3) is 5.56 Å². The minimum absolute atomic E-state index is 0.146. The van der Waals surface area contributed by atoms with Crippen LogP contribution in [0.15, 0.2) is 29.1 Å². The average Bonchev–Trinajstić information content (AvgIpc) is 3.47. The van der Waals surface area contributed by atoms with Crippen LogP contribution in [0.2, 0.25) is 0 Å². The summed E-state index contributed by atoms with van der Waals surface area (Å²) in [5, 5.41) is 3.40. The summed E-state index contributed by atoms with van der Waals surface area (Å²) in [5.41, 5.74) is 3.10. The highest BCUT2D eigenvalue weighted by Crippen LogP contribution is 2.31. The molecule has 1 fully saturated rings. The largest absolute Gasteiger partial charge is 0.497 e. The SMILES string of the molecule is COc1ccc(CNc2nc3c(c(=O)n2CC2CC2)CCN(C)C3)cc1. The first-order valence-corrected chi connectivity index (χ1v) is 9.32. The summed E-state index contributed by atoms with van der Waals surface area (Å²) in [6.07, 6.45) is 3.22. The fourth-order valence-electron chi connectivity index (χ4n) is 3.45. The molecular weight excluding hydrogens is 328 g/mol. The zero-order valence-corrected chi connectivity index (χ0v) is 15.5. The molecule has 1 aromatic heterocycles. The number of hydrogen-bond donors (Lipinski definition) is 1. The van der Waals surface area contributed by atoms with Crippen molar-refractivity contribution in [3.8, 4) is 5.75 Å². The molecule has 0 amide bonds. The van der Waals surface area contributed by atoms with Crippen molar-refractivity contribution in [3.63, 3.8) is 0 Å². The van der Waals surface area contributed by atoms with E-state index < -0.39 is 0 Å². The van der Waals surface area contributed by atoms with E-state index in [1.54, 1.807) is 7.11 Å². The van der Waals surface area contributed by atoms with Gasteiger partial charge in [-0.05, 0) is 49.9 Å². The highest BCUT2D eigenvalue weighted by Gasteiger charge is 2.27. The third kappa shape index (κ3) is 3.60. The molecule has 0 spiro atoms. The predicted octanol–water partition coefficient (Wildman–Crippen LogP) is 2.26. The Balaban J connectivity index is 1.61. The maximum Gasteiger partial charge on any atom is 0.258 e. The van der Waals surface area contributed by atoms with Gasteiger partial charge in [0, 0.05) is 31.7 Å². The number of likely N-dealkylation sites (N-methyl/N-ethyl adjacent to an activating group) is 1. The molecule has 2 heterocycles. The second-order valence-electron chi connectivity index (χ2n) is 7.41. The van der Waals surface area contributed by atoms with Crippen molar-refractivity contribution in [1.29, 1.82) is 0 Å². The Hall–Kier alpha value is -2.34. The molecule has 2 aliphatic rings. The van der Waals surface area contributed by atoms with Crippen molar-refractivity contribution >= 4 is 5.95 Å². The smallest absolute Gasteiger partial charge is 0.258 e. The first-order valence-electron chi connectivity index (χ1n) is 9.32. The van der Waals surface area contributed by atoms with Crippen LogP contribution in [0, 0.1) is 5.92 Å². The molecule has 0 unspecified atom stereocenters. The average molecular weight is 354 g/mol. The van der Waals surface area contributed by atoms with Gasteiger partial charge in [0.2, 0.25) is 5.95 Å². The van der Waals surface area contributed by atoms with Crippen LogP contribution in [0.4, 0.5) is 5.95 Å². The number of hydrogen-bond acceptors (Lipinski definition) is 5. The number of nitrogens with zero attached hydrogens (tertiary/aromatic N) is 3. The number of ether oxygens (including phenoxy) is 1. The summed E-state index contributed by atoms with van der Waals surface area (Å²) in [5.74, 6) is 2.17. The number of benzene rings is 1. The number of anilines is 1. The number of nitrogens with one attached hydrogen (secondary N) is 1. The van der Waals surface area contributed by atoms with Crippen LogP contribution in [-0.4, -0.2) is 35.2 Å². The van der Waals surface area contributed by atoms with E-state index >= 15 is 0 Å². The van der Waals surface area contributed by atoms with Crippen LogP contribution in [0.3, 0.4) is 0 Å². The molecule has 1 aliphatic carbocycles. The Morgan fingerprint density at radius 1 is 1.27 bits per heavy atom. The lowest BCUT2D eigenvalue weighted by atomic mass is 10.1. The first kappa shape index (κ1) is 17.1. The number of aromatic nitrogens is 2. The maximum absolute atomic E-state index is 13.0. The van der Waals surface area contributed by atoms with Gasteiger partial charge >= 0.3 is 0 Å².